The molecule has 0 spiro atoms. The molecule has 0 aromatic heterocycles. The molecular weight excluding hydrogens is 264 g/mol. The van der Waals surface area contributed by atoms with Gasteiger partial charge in [0.15, 0.2) is 0 Å². The number of aliphatic hydroxyl groups is 1. The molecule has 21 heavy (non-hydrogen) atoms. The number of aliphatic hydroxyl groups excluding tert-OH is 1. The number of rotatable bonds is 2. The number of nitrogens with zero attached hydrogens (tertiary/aromatic N) is 1. The van der Waals surface area contributed by atoms with Gasteiger partial charge in [0.2, 0.25) is 0 Å². The fraction of sp³-hybridized carbons (Fsp3) is 0.588. The molecule has 0 radical (unpaired) electrons. The molecule has 4 heteroatoms. The van der Waals surface area contributed by atoms with Gasteiger partial charge < -0.3 is 15.3 Å². The van der Waals surface area contributed by atoms with Gasteiger partial charge in [0.25, 0.3) is 5.91 Å². The van der Waals surface area contributed by atoms with Crippen molar-refractivity contribution in [3.05, 3.63) is 29.3 Å². The summed E-state index contributed by atoms with van der Waals surface area (Å²) >= 11 is 0. The van der Waals surface area contributed by atoms with E-state index < -0.39 is 0 Å². The number of amides is 1. The highest BCUT2D eigenvalue weighted by Crippen LogP contribution is 2.28. The van der Waals surface area contributed by atoms with Crippen LogP contribution in [0.5, 0.6) is 0 Å². The number of benzene rings is 1. The third kappa shape index (κ3) is 2.77. The Morgan fingerprint density at radius 1 is 1.29 bits per heavy atom. The van der Waals surface area contributed by atoms with E-state index in [1.54, 1.807) is 4.90 Å². The summed E-state index contributed by atoms with van der Waals surface area (Å²) in [7, 11) is 1.83. The number of hydrogen-bond acceptors (Lipinski definition) is 3. The number of fused-ring (bicyclic) bond motifs is 1. The Bertz CT molecular complexity index is 530. The summed E-state index contributed by atoms with van der Waals surface area (Å²) in [5.74, 6) is 0.0431. The van der Waals surface area contributed by atoms with Gasteiger partial charge in [-0.05, 0) is 43.4 Å². The second-order valence-corrected chi connectivity index (χ2v) is 6.20. The van der Waals surface area contributed by atoms with Crippen molar-refractivity contribution in [2.24, 2.45) is 0 Å². The second-order valence-electron chi connectivity index (χ2n) is 6.20. The van der Waals surface area contributed by atoms with Crippen LogP contribution in [0.25, 0.3) is 0 Å². The smallest absolute Gasteiger partial charge is 0.254 e. The number of carbonyl (C=O) groups is 1. The van der Waals surface area contributed by atoms with Crippen molar-refractivity contribution in [2.45, 2.75) is 50.7 Å². The van der Waals surface area contributed by atoms with Crippen molar-refractivity contribution in [2.75, 3.05) is 18.9 Å². The Balaban J connectivity index is 1.84. The summed E-state index contributed by atoms with van der Waals surface area (Å²) in [5, 5.41) is 13.5. The van der Waals surface area contributed by atoms with E-state index in [0.717, 1.165) is 61.9 Å². The van der Waals surface area contributed by atoms with Crippen LogP contribution in [0.15, 0.2) is 18.2 Å². The second kappa shape index (κ2) is 6.06. The predicted molar refractivity (Wildman–Crippen MR) is 83.6 cm³/mol. The van der Waals surface area contributed by atoms with E-state index in [4.69, 9.17) is 0 Å². The molecule has 1 saturated carbocycles. The van der Waals surface area contributed by atoms with Gasteiger partial charge in [-0.2, -0.15) is 0 Å². The molecule has 1 aliphatic heterocycles. The summed E-state index contributed by atoms with van der Waals surface area (Å²) in [4.78, 5) is 14.6. The molecule has 114 valence electrons. The van der Waals surface area contributed by atoms with Gasteiger partial charge in [-0.3, -0.25) is 4.79 Å². The SMILES string of the molecule is CN(C(=O)c1cccc2c1CCCN2)C1CCCCC1O. The Morgan fingerprint density at radius 2 is 2.10 bits per heavy atom. The molecule has 0 saturated heterocycles. The number of nitrogens with one attached hydrogen (secondary N) is 1. The first-order valence-electron chi connectivity index (χ1n) is 7.99. The van der Waals surface area contributed by atoms with Gasteiger partial charge in [-0.15, -0.1) is 0 Å². The van der Waals surface area contributed by atoms with Crippen LogP contribution in [0.1, 0.15) is 48.0 Å². The van der Waals surface area contributed by atoms with Crippen LogP contribution >= 0.6 is 0 Å². The average Bonchev–Trinajstić information content (AvgIpc) is 2.53. The molecule has 1 amide bonds. The van der Waals surface area contributed by atoms with Crippen LogP contribution in [0.4, 0.5) is 5.69 Å². The van der Waals surface area contributed by atoms with E-state index in [0.29, 0.717) is 0 Å². The lowest BCUT2D eigenvalue weighted by molar-refractivity contribution is 0.0267. The van der Waals surface area contributed by atoms with Crippen molar-refractivity contribution in [1.29, 1.82) is 0 Å². The van der Waals surface area contributed by atoms with Crippen molar-refractivity contribution in [3.63, 3.8) is 0 Å². The zero-order valence-electron chi connectivity index (χ0n) is 12.6. The van der Waals surface area contributed by atoms with Crippen molar-refractivity contribution in [3.8, 4) is 0 Å². The quantitative estimate of drug-likeness (QED) is 0.879. The Morgan fingerprint density at radius 3 is 2.90 bits per heavy atom. The molecule has 2 atom stereocenters. The number of hydrogen-bond donors (Lipinski definition) is 2. The lowest BCUT2D eigenvalue weighted by Gasteiger charge is -2.35. The van der Waals surface area contributed by atoms with Gasteiger partial charge >= 0.3 is 0 Å². The first kappa shape index (κ1) is 14.4. The molecule has 1 aromatic rings. The highest BCUT2D eigenvalue weighted by Gasteiger charge is 2.31. The zero-order valence-corrected chi connectivity index (χ0v) is 12.6. The lowest BCUT2D eigenvalue weighted by atomic mass is 9.90. The van der Waals surface area contributed by atoms with Gasteiger partial charge in [-0.1, -0.05) is 18.9 Å². The third-order valence-corrected chi connectivity index (χ3v) is 4.84. The van der Waals surface area contributed by atoms with E-state index in [9.17, 15) is 9.90 Å². The summed E-state index contributed by atoms with van der Waals surface area (Å²) in [6.45, 7) is 0.974. The monoisotopic (exact) mass is 288 g/mol. The van der Waals surface area contributed by atoms with Gasteiger partial charge in [0.1, 0.15) is 0 Å². The number of carbonyl (C=O) groups excluding carboxylic acids is 1. The third-order valence-electron chi connectivity index (χ3n) is 4.84. The molecular formula is C17H24N2O2. The molecule has 4 nitrogen and oxygen atoms in total. The van der Waals surface area contributed by atoms with Crippen LogP contribution in [-0.4, -0.2) is 41.7 Å². The van der Waals surface area contributed by atoms with Crippen LogP contribution < -0.4 is 5.32 Å². The molecule has 3 rings (SSSR count). The largest absolute Gasteiger partial charge is 0.391 e. The van der Waals surface area contributed by atoms with Crippen molar-refractivity contribution in [1.82, 2.24) is 4.90 Å². The normalized spacial score (nSPS) is 24.9. The Kier molecular flexibility index (Phi) is 4.15. The Hall–Kier alpha value is -1.55. The fourth-order valence-corrected chi connectivity index (χ4v) is 3.59. The van der Waals surface area contributed by atoms with Gasteiger partial charge in [0.05, 0.1) is 12.1 Å². The van der Waals surface area contributed by atoms with Crippen LogP contribution in [0.2, 0.25) is 0 Å². The van der Waals surface area contributed by atoms with E-state index >= 15 is 0 Å². The topological polar surface area (TPSA) is 52.6 Å². The molecule has 1 heterocycles. The number of likely N-dealkylation sites (N-methyl/N-ethyl adjacent to an activating group) is 1. The molecule has 2 N–H and O–H groups in total. The van der Waals surface area contributed by atoms with Crippen molar-refractivity contribution >= 4 is 11.6 Å². The molecule has 1 fully saturated rings. The summed E-state index contributed by atoms with van der Waals surface area (Å²) in [6, 6.07) is 5.86. The molecule has 1 aromatic carbocycles. The summed E-state index contributed by atoms with van der Waals surface area (Å²) in [6.07, 6.45) is 5.48. The standard InChI is InChI=1S/C17H24N2O2/c1-19(15-9-2-3-10-16(15)20)17(21)13-6-4-8-14-12(13)7-5-11-18-14/h4,6,8,15-16,18,20H,2-3,5,7,9-11H2,1H3. The number of anilines is 1. The lowest BCUT2D eigenvalue weighted by Crippen LogP contribution is -2.46. The van der Waals surface area contributed by atoms with Crippen LogP contribution in [0.3, 0.4) is 0 Å². The fourth-order valence-electron chi connectivity index (χ4n) is 3.59. The minimum atomic E-state index is -0.384. The molecule has 1 aliphatic carbocycles. The van der Waals surface area contributed by atoms with Crippen LogP contribution in [-0.2, 0) is 6.42 Å². The van der Waals surface area contributed by atoms with Crippen LogP contribution in [0, 0.1) is 0 Å². The van der Waals surface area contributed by atoms with Crippen molar-refractivity contribution < 1.29 is 9.90 Å². The minimum Gasteiger partial charge on any atom is -0.391 e. The highest BCUT2D eigenvalue weighted by atomic mass is 16.3. The maximum Gasteiger partial charge on any atom is 0.254 e. The highest BCUT2D eigenvalue weighted by molar-refractivity contribution is 5.97. The maximum absolute atomic E-state index is 12.8. The summed E-state index contributed by atoms with van der Waals surface area (Å²) in [5.41, 5.74) is 3.01. The van der Waals surface area contributed by atoms with Gasteiger partial charge in [-0.25, -0.2) is 0 Å². The average molecular weight is 288 g/mol. The van der Waals surface area contributed by atoms with E-state index in [2.05, 4.69) is 5.32 Å². The molecule has 2 aliphatic rings. The molecule has 0 bridgehead atoms. The summed E-state index contributed by atoms with van der Waals surface area (Å²) < 4.78 is 0. The maximum atomic E-state index is 12.8. The van der Waals surface area contributed by atoms with E-state index in [1.165, 1.54) is 0 Å². The van der Waals surface area contributed by atoms with Gasteiger partial charge in [0, 0.05) is 24.8 Å². The Labute approximate surface area is 126 Å². The zero-order chi connectivity index (χ0) is 14.8. The first-order chi connectivity index (χ1) is 10.2. The first-order valence-corrected chi connectivity index (χ1v) is 7.99. The minimum absolute atomic E-state index is 0.0429. The molecule has 2 unspecified atom stereocenters. The van der Waals surface area contributed by atoms with E-state index in [1.807, 2.05) is 25.2 Å². The van der Waals surface area contributed by atoms with E-state index in [-0.39, 0.29) is 18.1 Å². The predicted octanol–water partition coefficient (Wildman–Crippen LogP) is 2.42.